The van der Waals surface area contributed by atoms with E-state index in [0.717, 1.165) is 17.1 Å². The lowest BCUT2D eigenvalue weighted by Gasteiger charge is -2.14. The molecule has 0 heterocycles. The largest absolute Gasteiger partial charge is 0.494 e. The van der Waals surface area contributed by atoms with Crippen molar-refractivity contribution in [3.63, 3.8) is 0 Å². The van der Waals surface area contributed by atoms with Crippen molar-refractivity contribution in [3.05, 3.63) is 83.9 Å². The van der Waals surface area contributed by atoms with Crippen LogP contribution in [0.2, 0.25) is 0 Å². The summed E-state index contributed by atoms with van der Waals surface area (Å²) in [4.78, 5) is 12.7. The van der Waals surface area contributed by atoms with Crippen LogP contribution >= 0.6 is 0 Å². The molecule has 3 aromatic rings. The fourth-order valence-electron chi connectivity index (χ4n) is 2.82. The van der Waals surface area contributed by atoms with Gasteiger partial charge in [-0.3, -0.25) is 4.79 Å². The van der Waals surface area contributed by atoms with Gasteiger partial charge in [-0.1, -0.05) is 18.2 Å². The molecule has 0 saturated carbocycles. The first-order valence-corrected chi connectivity index (χ1v) is 10.1. The number of carbonyl (C=O) groups excluding carboxylic acids is 1. The van der Waals surface area contributed by atoms with Gasteiger partial charge in [0.05, 0.1) is 19.3 Å². The summed E-state index contributed by atoms with van der Waals surface area (Å²) >= 11 is 0. The molecule has 3 aromatic carbocycles. The average molecular weight is 405 g/mol. The molecule has 0 bridgehead atoms. The lowest BCUT2D eigenvalue weighted by atomic mass is 10.1. The molecule has 3 rings (SSSR count). The van der Waals surface area contributed by atoms with Crippen LogP contribution in [0, 0.1) is 0 Å². The smallest absolute Gasteiger partial charge is 0.255 e. The highest BCUT2D eigenvalue weighted by atomic mass is 16.5. The zero-order valence-corrected chi connectivity index (χ0v) is 17.6. The maximum atomic E-state index is 12.7. The average Bonchev–Trinajstić information content (AvgIpc) is 2.75. The SMILES string of the molecule is CCOc1ccc(C(=O)Nc2ccc(Oc3ccccc3)cc2)cc1COC(C)C. The summed E-state index contributed by atoms with van der Waals surface area (Å²) in [5, 5.41) is 2.92. The van der Waals surface area contributed by atoms with Crippen molar-refractivity contribution in [2.24, 2.45) is 0 Å². The van der Waals surface area contributed by atoms with Crippen LogP contribution in [-0.2, 0) is 11.3 Å². The number of ether oxygens (including phenoxy) is 3. The number of anilines is 1. The zero-order valence-electron chi connectivity index (χ0n) is 17.6. The van der Waals surface area contributed by atoms with Gasteiger partial charge in [-0.2, -0.15) is 0 Å². The highest BCUT2D eigenvalue weighted by Gasteiger charge is 2.12. The summed E-state index contributed by atoms with van der Waals surface area (Å²) in [7, 11) is 0. The lowest BCUT2D eigenvalue weighted by molar-refractivity contribution is 0.0641. The van der Waals surface area contributed by atoms with Gasteiger partial charge in [0.25, 0.3) is 5.91 Å². The van der Waals surface area contributed by atoms with Crippen LogP contribution in [-0.4, -0.2) is 18.6 Å². The molecule has 1 N–H and O–H groups in total. The van der Waals surface area contributed by atoms with Gasteiger partial charge in [-0.25, -0.2) is 0 Å². The van der Waals surface area contributed by atoms with Crippen molar-refractivity contribution in [3.8, 4) is 17.2 Å². The topological polar surface area (TPSA) is 56.8 Å². The van der Waals surface area contributed by atoms with E-state index in [1.54, 1.807) is 6.07 Å². The molecule has 0 aliphatic heterocycles. The maximum Gasteiger partial charge on any atom is 0.255 e. The van der Waals surface area contributed by atoms with Crippen molar-refractivity contribution in [2.75, 3.05) is 11.9 Å². The van der Waals surface area contributed by atoms with Gasteiger partial charge >= 0.3 is 0 Å². The molecule has 0 fully saturated rings. The van der Waals surface area contributed by atoms with Crippen LogP contribution in [0.1, 0.15) is 36.7 Å². The quantitative estimate of drug-likeness (QED) is 0.470. The first-order chi connectivity index (χ1) is 14.5. The van der Waals surface area contributed by atoms with E-state index in [-0.39, 0.29) is 12.0 Å². The van der Waals surface area contributed by atoms with Crippen molar-refractivity contribution in [1.29, 1.82) is 0 Å². The van der Waals surface area contributed by atoms with E-state index in [9.17, 15) is 4.79 Å². The molecule has 0 aromatic heterocycles. The summed E-state index contributed by atoms with van der Waals surface area (Å²) in [6, 6.07) is 22.2. The van der Waals surface area contributed by atoms with E-state index in [0.29, 0.717) is 30.2 Å². The third kappa shape index (κ3) is 6.09. The second-order valence-corrected chi connectivity index (χ2v) is 7.01. The molecule has 0 saturated heterocycles. The summed E-state index contributed by atoms with van der Waals surface area (Å²) in [6.45, 7) is 6.82. The van der Waals surface area contributed by atoms with Gasteiger partial charge in [0.2, 0.25) is 0 Å². The standard InChI is InChI=1S/C25H27NO4/c1-4-28-24-15-10-19(16-20(24)17-29-18(2)3)25(27)26-21-11-13-23(14-12-21)30-22-8-6-5-7-9-22/h5-16,18H,4,17H2,1-3H3,(H,26,27). The highest BCUT2D eigenvalue weighted by Crippen LogP contribution is 2.25. The van der Waals surface area contributed by atoms with Gasteiger partial charge in [0, 0.05) is 16.8 Å². The summed E-state index contributed by atoms with van der Waals surface area (Å²) in [6.07, 6.45) is 0.0913. The van der Waals surface area contributed by atoms with E-state index in [2.05, 4.69) is 5.32 Å². The van der Waals surface area contributed by atoms with Gasteiger partial charge in [-0.05, 0) is 75.4 Å². The number of carbonyl (C=O) groups is 1. The molecule has 5 heteroatoms. The number of rotatable bonds is 9. The van der Waals surface area contributed by atoms with Gasteiger partial charge < -0.3 is 19.5 Å². The summed E-state index contributed by atoms with van der Waals surface area (Å²) in [5.41, 5.74) is 2.09. The maximum absolute atomic E-state index is 12.7. The van der Waals surface area contributed by atoms with Crippen LogP contribution in [0.4, 0.5) is 5.69 Å². The van der Waals surface area contributed by atoms with E-state index < -0.39 is 0 Å². The van der Waals surface area contributed by atoms with Crippen LogP contribution in [0.15, 0.2) is 72.8 Å². The molecular weight excluding hydrogens is 378 g/mol. The Morgan fingerprint density at radius 3 is 2.30 bits per heavy atom. The first kappa shape index (κ1) is 21.4. The van der Waals surface area contributed by atoms with Crippen molar-refractivity contribution < 1.29 is 19.0 Å². The Bertz CT molecular complexity index is 953. The third-order valence-electron chi connectivity index (χ3n) is 4.29. The van der Waals surface area contributed by atoms with Crippen LogP contribution in [0.3, 0.4) is 0 Å². The van der Waals surface area contributed by atoms with E-state index in [4.69, 9.17) is 14.2 Å². The Morgan fingerprint density at radius 1 is 0.933 bits per heavy atom. The minimum absolute atomic E-state index is 0.0913. The van der Waals surface area contributed by atoms with Crippen molar-refractivity contribution in [2.45, 2.75) is 33.5 Å². The number of amides is 1. The molecule has 0 spiro atoms. The van der Waals surface area contributed by atoms with Gasteiger partial charge in [-0.15, -0.1) is 0 Å². The Morgan fingerprint density at radius 2 is 1.63 bits per heavy atom. The first-order valence-electron chi connectivity index (χ1n) is 10.1. The minimum atomic E-state index is -0.194. The number of hydrogen-bond donors (Lipinski definition) is 1. The van der Waals surface area contributed by atoms with Crippen molar-refractivity contribution in [1.82, 2.24) is 0 Å². The highest BCUT2D eigenvalue weighted by molar-refractivity contribution is 6.04. The van der Waals surface area contributed by atoms with Crippen LogP contribution in [0.5, 0.6) is 17.2 Å². The minimum Gasteiger partial charge on any atom is -0.494 e. The molecule has 0 aliphatic carbocycles. The van der Waals surface area contributed by atoms with Crippen LogP contribution in [0.25, 0.3) is 0 Å². The number of para-hydroxylation sites is 1. The Balaban J connectivity index is 1.68. The molecule has 0 unspecified atom stereocenters. The van der Waals surface area contributed by atoms with Gasteiger partial charge in [0.1, 0.15) is 17.2 Å². The monoisotopic (exact) mass is 405 g/mol. The normalized spacial score (nSPS) is 10.7. The molecule has 156 valence electrons. The number of nitrogens with one attached hydrogen (secondary N) is 1. The Labute approximate surface area is 177 Å². The Kier molecular flexibility index (Phi) is 7.46. The Hall–Kier alpha value is -3.31. The third-order valence-corrected chi connectivity index (χ3v) is 4.29. The van der Waals surface area contributed by atoms with E-state index >= 15 is 0 Å². The summed E-state index contributed by atoms with van der Waals surface area (Å²) < 4.78 is 17.1. The second-order valence-electron chi connectivity index (χ2n) is 7.01. The van der Waals surface area contributed by atoms with Crippen molar-refractivity contribution >= 4 is 11.6 Å². The number of benzene rings is 3. The van der Waals surface area contributed by atoms with E-state index in [1.165, 1.54) is 0 Å². The number of hydrogen-bond acceptors (Lipinski definition) is 4. The molecule has 0 aliphatic rings. The van der Waals surface area contributed by atoms with E-state index in [1.807, 2.05) is 87.5 Å². The second kappa shape index (κ2) is 10.5. The predicted molar refractivity (Wildman–Crippen MR) is 118 cm³/mol. The zero-order chi connectivity index (χ0) is 21.3. The molecule has 1 amide bonds. The molecule has 0 radical (unpaired) electrons. The lowest BCUT2D eigenvalue weighted by Crippen LogP contribution is -2.13. The molecule has 0 atom stereocenters. The predicted octanol–water partition coefficient (Wildman–Crippen LogP) is 6.05. The van der Waals surface area contributed by atoms with Gasteiger partial charge in [0.15, 0.2) is 0 Å². The molecular formula is C25H27NO4. The molecule has 30 heavy (non-hydrogen) atoms. The fraction of sp³-hybridized carbons (Fsp3) is 0.240. The summed E-state index contributed by atoms with van der Waals surface area (Å²) in [5.74, 6) is 2.01. The van der Waals surface area contributed by atoms with Crippen LogP contribution < -0.4 is 14.8 Å². The molecule has 5 nitrogen and oxygen atoms in total. The fourth-order valence-corrected chi connectivity index (χ4v) is 2.82.